The average molecular weight is 310 g/mol. The Balaban J connectivity index is 2.42. The first-order valence-electron chi connectivity index (χ1n) is 5.57. The number of benzene rings is 1. The average Bonchev–Trinajstić information content (AvgIpc) is 2.31. The number of esters is 1. The van der Waals surface area contributed by atoms with Crippen molar-refractivity contribution in [2.45, 2.75) is 13.3 Å². The van der Waals surface area contributed by atoms with Crippen LogP contribution in [-0.2, 0) is 16.0 Å². The Bertz CT molecular complexity index is 648. The van der Waals surface area contributed by atoms with Gasteiger partial charge < -0.3 is 9.72 Å². The van der Waals surface area contributed by atoms with Crippen molar-refractivity contribution in [3.8, 4) is 0 Å². The molecule has 1 aromatic carbocycles. The van der Waals surface area contributed by atoms with E-state index < -0.39 is 5.97 Å². The lowest BCUT2D eigenvalue weighted by atomic mass is 10.1. The van der Waals surface area contributed by atoms with E-state index in [-0.39, 0.29) is 12.0 Å². The van der Waals surface area contributed by atoms with Gasteiger partial charge in [0.05, 0.1) is 13.0 Å². The topological polar surface area (TPSA) is 59.2 Å². The summed E-state index contributed by atoms with van der Waals surface area (Å²) >= 11 is 3.37. The first-order valence-corrected chi connectivity index (χ1v) is 6.36. The number of pyridine rings is 1. The van der Waals surface area contributed by atoms with E-state index in [1.807, 2.05) is 18.2 Å². The van der Waals surface area contributed by atoms with Crippen LogP contribution < -0.4 is 5.56 Å². The van der Waals surface area contributed by atoms with Crippen LogP contribution in [0.5, 0.6) is 0 Å². The van der Waals surface area contributed by atoms with Gasteiger partial charge >= 0.3 is 5.97 Å². The van der Waals surface area contributed by atoms with E-state index in [1.165, 1.54) is 0 Å². The van der Waals surface area contributed by atoms with Gasteiger partial charge in [-0.05, 0) is 36.6 Å². The summed E-state index contributed by atoms with van der Waals surface area (Å²) in [4.78, 5) is 25.9. The van der Waals surface area contributed by atoms with Crippen molar-refractivity contribution in [1.29, 1.82) is 0 Å². The van der Waals surface area contributed by atoms with E-state index in [0.29, 0.717) is 12.2 Å². The monoisotopic (exact) mass is 309 g/mol. The smallest absolute Gasteiger partial charge is 0.310 e. The van der Waals surface area contributed by atoms with Crippen molar-refractivity contribution in [2.24, 2.45) is 0 Å². The normalized spacial score (nSPS) is 10.6. The van der Waals surface area contributed by atoms with Crippen LogP contribution in [0.25, 0.3) is 10.9 Å². The Hall–Kier alpha value is -1.62. The predicted octanol–water partition coefficient (Wildman–Crippen LogP) is 2.40. The third-order valence-corrected chi connectivity index (χ3v) is 3.02. The molecule has 0 saturated heterocycles. The maximum atomic E-state index is 11.8. The van der Waals surface area contributed by atoms with Gasteiger partial charge in [0.2, 0.25) is 0 Å². The summed E-state index contributed by atoms with van der Waals surface area (Å²) in [5, 5.41) is 0.878. The third-order valence-electron chi connectivity index (χ3n) is 2.52. The van der Waals surface area contributed by atoms with Crippen molar-refractivity contribution in [3.05, 3.63) is 44.7 Å². The maximum absolute atomic E-state index is 11.8. The number of ether oxygens (including phenoxy) is 1. The van der Waals surface area contributed by atoms with Crippen molar-refractivity contribution >= 4 is 32.8 Å². The van der Waals surface area contributed by atoms with Crippen LogP contribution in [-0.4, -0.2) is 17.6 Å². The van der Waals surface area contributed by atoms with Crippen molar-refractivity contribution in [3.63, 3.8) is 0 Å². The molecule has 0 atom stereocenters. The molecule has 2 aromatic rings. The number of carbonyl (C=O) groups excluding carboxylic acids is 1. The first-order chi connectivity index (χ1) is 8.60. The van der Waals surface area contributed by atoms with Crippen LogP contribution in [0.1, 0.15) is 12.5 Å². The largest absolute Gasteiger partial charge is 0.466 e. The van der Waals surface area contributed by atoms with Gasteiger partial charge in [0.15, 0.2) is 0 Å². The zero-order valence-electron chi connectivity index (χ0n) is 9.83. The molecule has 0 aliphatic heterocycles. The minimum Gasteiger partial charge on any atom is -0.466 e. The van der Waals surface area contributed by atoms with Crippen LogP contribution >= 0.6 is 15.9 Å². The molecule has 4 nitrogen and oxygen atoms in total. The van der Waals surface area contributed by atoms with E-state index in [1.54, 1.807) is 13.0 Å². The van der Waals surface area contributed by atoms with E-state index in [4.69, 9.17) is 4.74 Å². The number of halogens is 1. The SMILES string of the molecule is CCOC(=O)Cc1cc2cc(Br)ccc2[nH]c1=O. The maximum Gasteiger partial charge on any atom is 0.310 e. The second-order valence-corrected chi connectivity index (χ2v) is 4.75. The van der Waals surface area contributed by atoms with E-state index in [2.05, 4.69) is 20.9 Å². The number of aromatic nitrogens is 1. The molecule has 0 amide bonds. The molecule has 0 radical (unpaired) electrons. The summed E-state index contributed by atoms with van der Waals surface area (Å²) in [5.41, 5.74) is 0.910. The molecule has 0 saturated carbocycles. The number of aromatic amines is 1. The Morgan fingerprint density at radius 3 is 2.89 bits per heavy atom. The van der Waals surface area contributed by atoms with Gasteiger partial charge in [0, 0.05) is 15.6 Å². The fraction of sp³-hybridized carbons (Fsp3) is 0.231. The molecule has 1 N–H and O–H groups in total. The van der Waals surface area contributed by atoms with Gasteiger partial charge in [-0.3, -0.25) is 9.59 Å². The Labute approximate surface area is 112 Å². The molecular weight excluding hydrogens is 298 g/mol. The first kappa shape index (κ1) is 12.8. The van der Waals surface area contributed by atoms with Crippen LogP contribution in [0.4, 0.5) is 0 Å². The quantitative estimate of drug-likeness (QED) is 0.886. The lowest BCUT2D eigenvalue weighted by Crippen LogP contribution is -2.17. The molecule has 18 heavy (non-hydrogen) atoms. The molecule has 94 valence electrons. The van der Waals surface area contributed by atoms with Gasteiger partial charge in [-0.1, -0.05) is 15.9 Å². The number of hydrogen-bond acceptors (Lipinski definition) is 3. The van der Waals surface area contributed by atoms with Crippen LogP contribution in [0, 0.1) is 0 Å². The number of hydrogen-bond donors (Lipinski definition) is 1. The van der Waals surface area contributed by atoms with Gasteiger partial charge in [-0.2, -0.15) is 0 Å². The Morgan fingerprint density at radius 1 is 1.39 bits per heavy atom. The highest BCUT2D eigenvalue weighted by Crippen LogP contribution is 2.17. The lowest BCUT2D eigenvalue weighted by molar-refractivity contribution is -0.142. The summed E-state index contributed by atoms with van der Waals surface area (Å²) in [6.07, 6.45) is -0.00831. The fourth-order valence-corrected chi connectivity index (χ4v) is 2.10. The highest BCUT2D eigenvalue weighted by molar-refractivity contribution is 9.10. The summed E-state index contributed by atoms with van der Waals surface area (Å²) < 4.78 is 5.76. The standard InChI is InChI=1S/C13H12BrNO3/c1-2-18-12(16)7-9-5-8-6-10(14)3-4-11(8)15-13(9)17/h3-6H,2,7H2,1H3,(H,15,17). The molecule has 0 unspecified atom stereocenters. The molecule has 0 fully saturated rings. The highest BCUT2D eigenvalue weighted by Gasteiger charge is 2.09. The summed E-state index contributed by atoms with van der Waals surface area (Å²) in [7, 11) is 0. The van der Waals surface area contributed by atoms with E-state index in [9.17, 15) is 9.59 Å². The van der Waals surface area contributed by atoms with Crippen LogP contribution in [0.3, 0.4) is 0 Å². The van der Waals surface area contributed by atoms with Crippen LogP contribution in [0.15, 0.2) is 33.5 Å². The molecule has 1 aromatic heterocycles. The molecule has 5 heteroatoms. The Kier molecular flexibility index (Phi) is 3.81. The number of rotatable bonds is 3. The third kappa shape index (κ3) is 2.79. The number of nitrogens with one attached hydrogen (secondary N) is 1. The number of fused-ring (bicyclic) bond motifs is 1. The number of carbonyl (C=O) groups is 1. The predicted molar refractivity (Wildman–Crippen MR) is 72.6 cm³/mol. The van der Waals surface area contributed by atoms with Gasteiger partial charge in [0.25, 0.3) is 5.56 Å². The zero-order chi connectivity index (χ0) is 13.1. The number of H-pyrrole nitrogens is 1. The molecule has 2 rings (SSSR count). The van der Waals surface area contributed by atoms with Gasteiger partial charge in [0.1, 0.15) is 0 Å². The molecule has 0 aliphatic carbocycles. The van der Waals surface area contributed by atoms with Gasteiger partial charge in [-0.25, -0.2) is 0 Å². The second-order valence-electron chi connectivity index (χ2n) is 3.84. The summed E-state index contributed by atoms with van der Waals surface area (Å²) in [6.45, 7) is 2.05. The van der Waals surface area contributed by atoms with Crippen molar-refractivity contribution < 1.29 is 9.53 Å². The van der Waals surface area contributed by atoms with E-state index >= 15 is 0 Å². The van der Waals surface area contributed by atoms with Crippen molar-refractivity contribution in [2.75, 3.05) is 6.61 Å². The minimum atomic E-state index is -0.391. The summed E-state index contributed by atoms with van der Waals surface area (Å²) in [5.74, 6) is -0.391. The summed E-state index contributed by atoms with van der Waals surface area (Å²) in [6, 6.07) is 7.27. The molecule has 1 heterocycles. The molecule has 0 aliphatic rings. The fourth-order valence-electron chi connectivity index (χ4n) is 1.72. The zero-order valence-corrected chi connectivity index (χ0v) is 11.4. The molecule has 0 bridgehead atoms. The van der Waals surface area contributed by atoms with Crippen LogP contribution in [0.2, 0.25) is 0 Å². The lowest BCUT2D eigenvalue weighted by Gasteiger charge is -2.04. The van der Waals surface area contributed by atoms with Gasteiger partial charge in [-0.15, -0.1) is 0 Å². The Morgan fingerprint density at radius 2 is 2.17 bits per heavy atom. The second kappa shape index (κ2) is 5.35. The van der Waals surface area contributed by atoms with Crippen molar-refractivity contribution in [1.82, 2.24) is 4.98 Å². The molecular formula is C13H12BrNO3. The van der Waals surface area contributed by atoms with E-state index in [0.717, 1.165) is 15.4 Å². The molecule has 0 spiro atoms. The highest BCUT2D eigenvalue weighted by atomic mass is 79.9. The minimum absolute atomic E-state index is 0.00831.